The fraction of sp³-hybridized carbons (Fsp3) is 1.00. The van der Waals surface area contributed by atoms with E-state index in [1.54, 1.807) is 0 Å². The Morgan fingerprint density at radius 2 is 1.80 bits per heavy atom. The van der Waals surface area contributed by atoms with Crippen molar-refractivity contribution in [3.05, 3.63) is 0 Å². The van der Waals surface area contributed by atoms with Crippen LogP contribution in [0, 0.1) is 11.8 Å². The maximum Gasteiger partial charge on any atom is 0.00931 e. The third kappa shape index (κ3) is 3.48. The third-order valence-corrected chi connectivity index (χ3v) is 4.55. The molecule has 2 atom stereocenters. The van der Waals surface area contributed by atoms with Crippen LogP contribution >= 0.6 is 0 Å². The molecule has 0 spiro atoms. The van der Waals surface area contributed by atoms with Crippen LogP contribution in [0.2, 0.25) is 0 Å². The first-order chi connectivity index (χ1) is 7.36. The quantitative estimate of drug-likeness (QED) is 0.744. The summed E-state index contributed by atoms with van der Waals surface area (Å²) in [6, 6.07) is 0.841. The number of hydrogen-bond donors (Lipinski definition) is 1. The average Bonchev–Trinajstić information content (AvgIpc) is 2.66. The molecule has 2 unspecified atom stereocenters. The van der Waals surface area contributed by atoms with Gasteiger partial charge in [-0.1, -0.05) is 51.9 Å². The molecule has 0 radical (unpaired) electrons. The van der Waals surface area contributed by atoms with E-state index in [2.05, 4.69) is 12.2 Å². The minimum absolute atomic E-state index is 0.841. The summed E-state index contributed by atoms with van der Waals surface area (Å²) in [4.78, 5) is 0. The molecule has 1 aliphatic carbocycles. The monoisotopic (exact) mass is 209 g/mol. The lowest BCUT2D eigenvalue weighted by molar-refractivity contribution is 0.317. The van der Waals surface area contributed by atoms with Crippen LogP contribution in [0.25, 0.3) is 0 Å². The van der Waals surface area contributed by atoms with Gasteiger partial charge in [0.25, 0.3) is 0 Å². The molecule has 2 aliphatic rings. The molecule has 2 fully saturated rings. The zero-order valence-corrected chi connectivity index (χ0v) is 10.3. The molecule has 88 valence electrons. The standard InChI is InChI=1S/C14H27N/c1-12-10-11-15-14(12)9-5-8-13-6-3-2-4-7-13/h12-15H,2-11H2,1H3. The van der Waals surface area contributed by atoms with Crippen LogP contribution in [-0.2, 0) is 0 Å². The lowest BCUT2D eigenvalue weighted by Crippen LogP contribution is -2.25. The van der Waals surface area contributed by atoms with Gasteiger partial charge in [0.2, 0.25) is 0 Å². The van der Waals surface area contributed by atoms with E-state index in [9.17, 15) is 0 Å². The van der Waals surface area contributed by atoms with Gasteiger partial charge in [-0.25, -0.2) is 0 Å². The molecule has 0 aromatic rings. The van der Waals surface area contributed by atoms with Crippen LogP contribution in [0.5, 0.6) is 0 Å². The van der Waals surface area contributed by atoms with Crippen molar-refractivity contribution >= 4 is 0 Å². The highest BCUT2D eigenvalue weighted by atomic mass is 14.9. The van der Waals surface area contributed by atoms with Crippen LogP contribution in [0.15, 0.2) is 0 Å². The molecule has 2 rings (SSSR count). The van der Waals surface area contributed by atoms with E-state index in [1.807, 2.05) is 0 Å². The summed E-state index contributed by atoms with van der Waals surface area (Å²) < 4.78 is 0. The first kappa shape index (κ1) is 11.4. The van der Waals surface area contributed by atoms with Gasteiger partial charge in [0.15, 0.2) is 0 Å². The summed E-state index contributed by atoms with van der Waals surface area (Å²) in [5.41, 5.74) is 0. The Balaban J connectivity index is 1.57. The highest BCUT2D eigenvalue weighted by Crippen LogP contribution is 2.29. The van der Waals surface area contributed by atoms with Gasteiger partial charge in [-0.05, 0) is 31.2 Å². The molecule has 1 saturated heterocycles. The Morgan fingerprint density at radius 3 is 2.47 bits per heavy atom. The Bertz CT molecular complexity index is 172. The van der Waals surface area contributed by atoms with E-state index in [-0.39, 0.29) is 0 Å². The maximum absolute atomic E-state index is 3.64. The van der Waals surface area contributed by atoms with Gasteiger partial charge >= 0.3 is 0 Å². The molecule has 1 heteroatoms. The van der Waals surface area contributed by atoms with Crippen molar-refractivity contribution in [2.24, 2.45) is 11.8 Å². The summed E-state index contributed by atoms with van der Waals surface area (Å²) in [7, 11) is 0. The maximum atomic E-state index is 3.64. The van der Waals surface area contributed by atoms with Gasteiger partial charge in [0.1, 0.15) is 0 Å². The second kappa shape index (κ2) is 5.89. The molecular weight excluding hydrogens is 182 g/mol. The normalized spacial score (nSPS) is 33.4. The van der Waals surface area contributed by atoms with Crippen molar-refractivity contribution in [1.82, 2.24) is 5.32 Å². The fourth-order valence-electron chi connectivity index (χ4n) is 3.39. The average molecular weight is 209 g/mol. The van der Waals surface area contributed by atoms with Gasteiger partial charge in [0.05, 0.1) is 0 Å². The Kier molecular flexibility index (Phi) is 4.49. The molecule has 1 nitrogen and oxygen atoms in total. The Labute approximate surface area is 95.0 Å². The first-order valence-electron chi connectivity index (χ1n) is 7.09. The second-order valence-corrected chi connectivity index (χ2v) is 5.76. The lowest BCUT2D eigenvalue weighted by Gasteiger charge is -2.22. The van der Waals surface area contributed by atoms with E-state index in [0.717, 1.165) is 17.9 Å². The smallest absolute Gasteiger partial charge is 0.00931 e. The Morgan fingerprint density at radius 1 is 1.00 bits per heavy atom. The fourth-order valence-corrected chi connectivity index (χ4v) is 3.39. The predicted octanol–water partition coefficient (Wildman–Crippen LogP) is 3.74. The second-order valence-electron chi connectivity index (χ2n) is 5.76. The van der Waals surface area contributed by atoms with E-state index < -0.39 is 0 Å². The van der Waals surface area contributed by atoms with Gasteiger partial charge in [0, 0.05) is 6.04 Å². The van der Waals surface area contributed by atoms with E-state index in [1.165, 1.54) is 64.3 Å². The highest BCUT2D eigenvalue weighted by molar-refractivity contribution is 4.80. The molecule has 1 saturated carbocycles. The molecular formula is C14H27N. The van der Waals surface area contributed by atoms with Crippen LogP contribution < -0.4 is 5.32 Å². The molecule has 0 aromatic carbocycles. The van der Waals surface area contributed by atoms with E-state index >= 15 is 0 Å². The predicted molar refractivity (Wildman–Crippen MR) is 66.0 cm³/mol. The van der Waals surface area contributed by atoms with Gasteiger partial charge in [-0.3, -0.25) is 0 Å². The molecule has 0 bridgehead atoms. The first-order valence-corrected chi connectivity index (χ1v) is 7.09. The highest BCUT2D eigenvalue weighted by Gasteiger charge is 2.22. The SMILES string of the molecule is CC1CCNC1CCCC1CCCCC1. The van der Waals surface area contributed by atoms with Gasteiger partial charge in [-0.2, -0.15) is 0 Å². The van der Waals surface area contributed by atoms with Crippen molar-refractivity contribution in [3.63, 3.8) is 0 Å². The van der Waals surface area contributed by atoms with Gasteiger partial charge < -0.3 is 5.32 Å². The largest absolute Gasteiger partial charge is 0.314 e. The molecule has 0 aromatic heterocycles. The summed E-state index contributed by atoms with van der Waals surface area (Å²) in [6.45, 7) is 3.67. The van der Waals surface area contributed by atoms with E-state index in [4.69, 9.17) is 0 Å². The zero-order chi connectivity index (χ0) is 10.5. The van der Waals surface area contributed by atoms with Crippen molar-refractivity contribution in [2.45, 2.75) is 70.8 Å². The van der Waals surface area contributed by atoms with E-state index in [0.29, 0.717) is 0 Å². The molecule has 1 heterocycles. The summed E-state index contributed by atoms with van der Waals surface area (Å²) >= 11 is 0. The third-order valence-electron chi connectivity index (χ3n) is 4.55. The number of hydrogen-bond acceptors (Lipinski definition) is 1. The molecule has 0 amide bonds. The van der Waals surface area contributed by atoms with Crippen LogP contribution in [-0.4, -0.2) is 12.6 Å². The summed E-state index contributed by atoms with van der Waals surface area (Å²) in [5.74, 6) is 2.01. The summed E-state index contributed by atoms with van der Waals surface area (Å²) in [5, 5.41) is 3.64. The van der Waals surface area contributed by atoms with Crippen molar-refractivity contribution in [3.8, 4) is 0 Å². The van der Waals surface area contributed by atoms with Crippen LogP contribution in [0.4, 0.5) is 0 Å². The van der Waals surface area contributed by atoms with Crippen molar-refractivity contribution in [2.75, 3.05) is 6.54 Å². The van der Waals surface area contributed by atoms with Crippen molar-refractivity contribution in [1.29, 1.82) is 0 Å². The van der Waals surface area contributed by atoms with Crippen molar-refractivity contribution < 1.29 is 0 Å². The van der Waals surface area contributed by atoms with Crippen LogP contribution in [0.3, 0.4) is 0 Å². The minimum atomic E-state index is 0.841. The zero-order valence-electron chi connectivity index (χ0n) is 10.3. The Hall–Kier alpha value is -0.0400. The molecule has 15 heavy (non-hydrogen) atoms. The van der Waals surface area contributed by atoms with Crippen LogP contribution in [0.1, 0.15) is 64.7 Å². The summed E-state index contributed by atoms with van der Waals surface area (Å²) in [6.07, 6.45) is 13.3. The molecule has 1 aliphatic heterocycles. The minimum Gasteiger partial charge on any atom is -0.314 e. The topological polar surface area (TPSA) is 12.0 Å². The molecule has 1 N–H and O–H groups in total. The number of rotatable bonds is 4. The van der Waals surface area contributed by atoms with Gasteiger partial charge in [-0.15, -0.1) is 0 Å². The lowest BCUT2D eigenvalue weighted by atomic mass is 9.85. The number of nitrogens with one attached hydrogen (secondary N) is 1.